The number of halogens is 1. The molecule has 1 unspecified atom stereocenters. The third-order valence-corrected chi connectivity index (χ3v) is 5.89. The van der Waals surface area contributed by atoms with E-state index < -0.39 is 0 Å². The lowest BCUT2D eigenvalue weighted by molar-refractivity contribution is -0.120. The van der Waals surface area contributed by atoms with Gasteiger partial charge in [0.1, 0.15) is 5.15 Å². The number of rotatable bonds is 3. The van der Waals surface area contributed by atoms with Crippen molar-refractivity contribution < 1.29 is 4.79 Å². The van der Waals surface area contributed by atoms with Crippen LogP contribution in [0.2, 0.25) is 5.15 Å². The Bertz CT molecular complexity index is 940. The molecule has 1 aliphatic heterocycles. The van der Waals surface area contributed by atoms with E-state index in [1.54, 1.807) is 29.7 Å². The standard InChI is InChI=1S/C19H19ClN4OS/c1-12-4-6-15-16(9-12)26-19(23-15)24-8-2-3-13(11-24)18(25)22-14-5-7-17(20)21-10-14/h4-7,9-10,13H,2-3,8,11H2,1H3,(H,22,25). The first-order valence-electron chi connectivity index (χ1n) is 8.63. The van der Waals surface area contributed by atoms with Crippen molar-refractivity contribution in [3.63, 3.8) is 0 Å². The molecule has 1 fully saturated rings. The van der Waals surface area contributed by atoms with Crippen LogP contribution in [-0.4, -0.2) is 29.0 Å². The third kappa shape index (κ3) is 3.66. The molecule has 2 aromatic heterocycles. The number of nitrogens with zero attached hydrogens (tertiary/aromatic N) is 3. The molecular formula is C19H19ClN4OS. The van der Waals surface area contributed by atoms with Crippen molar-refractivity contribution in [3.8, 4) is 0 Å². The smallest absolute Gasteiger partial charge is 0.229 e. The van der Waals surface area contributed by atoms with Crippen LogP contribution in [0, 0.1) is 12.8 Å². The van der Waals surface area contributed by atoms with Gasteiger partial charge in [-0.3, -0.25) is 4.79 Å². The van der Waals surface area contributed by atoms with Crippen LogP contribution in [0.1, 0.15) is 18.4 Å². The van der Waals surface area contributed by atoms with Gasteiger partial charge >= 0.3 is 0 Å². The Kier molecular flexibility index (Phi) is 4.78. The van der Waals surface area contributed by atoms with Gasteiger partial charge in [0.25, 0.3) is 0 Å². The lowest BCUT2D eigenvalue weighted by atomic mass is 9.97. The van der Waals surface area contributed by atoms with Gasteiger partial charge in [-0.15, -0.1) is 0 Å². The molecular weight excluding hydrogens is 368 g/mol. The summed E-state index contributed by atoms with van der Waals surface area (Å²) in [6.07, 6.45) is 3.44. The Morgan fingerprint density at radius 3 is 3.04 bits per heavy atom. The molecule has 26 heavy (non-hydrogen) atoms. The topological polar surface area (TPSA) is 58.1 Å². The molecule has 0 bridgehead atoms. The Hall–Kier alpha value is -2.18. The summed E-state index contributed by atoms with van der Waals surface area (Å²) in [5, 5.41) is 4.35. The molecule has 0 saturated carbocycles. The van der Waals surface area contributed by atoms with Crippen molar-refractivity contribution in [1.82, 2.24) is 9.97 Å². The molecule has 134 valence electrons. The molecule has 3 heterocycles. The van der Waals surface area contributed by atoms with Crippen molar-refractivity contribution >= 4 is 49.9 Å². The molecule has 5 nitrogen and oxygen atoms in total. The molecule has 3 aromatic rings. The van der Waals surface area contributed by atoms with E-state index in [4.69, 9.17) is 16.6 Å². The van der Waals surface area contributed by atoms with Crippen molar-refractivity contribution in [2.45, 2.75) is 19.8 Å². The summed E-state index contributed by atoms with van der Waals surface area (Å²) in [7, 11) is 0. The van der Waals surface area contributed by atoms with E-state index in [9.17, 15) is 4.79 Å². The quantitative estimate of drug-likeness (QED) is 0.673. The van der Waals surface area contributed by atoms with Crippen molar-refractivity contribution in [3.05, 3.63) is 47.2 Å². The first-order chi connectivity index (χ1) is 12.6. The van der Waals surface area contributed by atoms with E-state index >= 15 is 0 Å². The SMILES string of the molecule is Cc1ccc2nc(N3CCCC(C(=O)Nc4ccc(Cl)nc4)C3)sc2c1. The molecule has 1 amide bonds. The number of pyridine rings is 1. The van der Waals surface area contributed by atoms with Gasteiger partial charge in [-0.05, 0) is 49.6 Å². The maximum absolute atomic E-state index is 12.6. The van der Waals surface area contributed by atoms with E-state index in [0.29, 0.717) is 17.4 Å². The Morgan fingerprint density at radius 1 is 1.35 bits per heavy atom. The number of piperidine rings is 1. The Balaban J connectivity index is 1.47. The Labute approximate surface area is 161 Å². The van der Waals surface area contributed by atoms with Crippen LogP contribution in [0.5, 0.6) is 0 Å². The van der Waals surface area contributed by atoms with Crippen LogP contribution in [0.4, 0.5) is 10.8 Å². The van der Waals surface area contributed by atoms with Gasteiger partial charge in [0, 0.05) is 13.1 Å². The van der Waals surface area contributed by atoms with Crippen molar-refractivity contribution in [2.75, 3.05) is 23.3 Å². The zero-order chi connectivity index (χ0) is 18.1. The molecule has 1 saturated heterocycles. The molecule has 0 spiro atoms. The normalized spacial score (nSPS) is 17.5. The lowest BCUT2D eigenvalue weighted by Gasteiger charge is -2.31. The largest absolute Gasteiger partial charge is 0.347 e. The van der Waals surface area contributed by atoms with Crippen LogP contribution in [-0.2, 0) is 4.79 Å². The number of aryl methyl sites for hydroxylation is 1. The summed E-state index contributed by atoms with van der Waals surface area (Å²) < 4.78 is 1.19. The summed E-state index contributed by atoms with van der Waals surface area (Å²) in [4.78, 5) is 23.6. The third-order valence-electron chi connectivity index (χ3n) is 4.59. The number of anilines is 2. The number of aromatic nitrogens is 2. The van der Waals surface area contributed by atoms with Gasteiger partial charge in [0.15, 0.2) is 5.13 Å². The van der Waals surface area contributed by atoms with Gasteiger partial charge in [0.2, 0.25) is 5.91 Å². The van der Waals surface area contributed by atoms with Gasteiger partial charge < -0.3 is 10.2 Å². The first-order valence-corrected chi connectivity index (χ1v) is 9.82. The number of thiazole rings is 1. The maximum Gasteiger partial charge on any atom is 0.229 e. The molecule has 4 rings (SSSR count). The number of nitrogens with one attached hydrogen (secondary N) is 1. The molecule has 7 heteroatoms. The first kappa shape index (κ1) is 17.2. The average molecular weight is 387 g/mol. The van der Waals surface area contributed by atoms with Crippen LogP contribution < -0.4 is 10.2 Å². The molecule has 1 N–H and O–H groups in total. The van der Waals surface area contributed by atoms with Crippen molar-refractivity contribution in [1.29, 1.82) is 0 Å². The van der Waals surface area contributed by atoms with Gasteiger partial charge in [0.05, 0.1) is 28.0 Å². The Morgan fingerprint density at radius 2 is 2.23 bits per heavy atom. The summed E-state index contributed by atoms with van der Waals surface area (Å²) in [6.45, 7) is 3.71. The van der Waals surface area contributed by atoms with E-state index in [2.05, 4.69) is 40.3 Å². The van der Waals surface area contributed by atoms with Crippen molar-refractivity contribution in [2.24, 2.45) is 5.92 Å². The van der Waals surface area contributed by atoms with Crippen LogP contribution in [0.3, 0.4) is 0 Å². The zero-order valence-electron chi connectivity index (χ0n) is 14.4. The maximum atomic E-state index is 12.6. The van der Waals surface area contributed by atoms with Gasteiger partial charge in [-0.25, -0.2) is 9.97 Å². The highest BCUT2D eigenvalue weighted by molar-refractivity contribution is 7.22. The number of hydrogen-bond acceptors (Lipinski definition) is 5. The van der Waals surface area contributed by atoms with Gasteiger partial charge in [-0.1, -0.05) is 29.0 Å². The highest BCUT2D eigenvalue weighted by atomic mass is 35.5. The number of carbonyl (C=O) groups is 1. The number of amides is 1. The van der Waals surface area contributed by atoms with E-state index in [0.717, 1.165) is 30.0 Å². The monoisotopic (exact) mass is 386 g/mol. The second-order valence-corrected chi connectivity index (χ2v) is 8.01. The fourth-order valence-electron chi connectivity index (χ4n) is 3.21. The summed E-state index contributed by atoms with van der Waals surface area (Å²) in [5.74, 6) is -0.0380. The lowest BCUT2D eigenvalue weighted by Crippen LogP contribution is -2.40. The average Bonchev–Trinajstić information content (AvgIpc) is 3.07. The highest BCUT2D eigenvalue weighted by Crippen LogP contribution is 2.32. The number of hydrogen-bond donors (Lipinski definition) is 1. The minimum atomic E-state index is -0.0619. The summed E-state index contributed by atoms with van der Waals surface area (Å²) >= 11 is 7.49. The van der Waals surface area contributed by atoms with Gasteiger partial charge in [-0.2, -0.15) is 0 Å². The van der Waals surface area contributed by atoms with Crippen LogP contribution in [0.15, 0.2) is 36.5 Å². The number of benzene rings is 1. The molecule has 0 aliphatic carbocycles. The minimum absolute atomic E-state index is 0.0239. The van der Waals surface area contributed by atoms with E-state index in [-0.39, 0.29) is 11.8 Å². The predicted octanol–water partition coefficient (Wildman–Crippen LogP) is 4.51. The zero-order valence-corrected chi connectivity index (χ0v) is 16.0. The summed E-state index contributed by atoms with van der Waals surface area (Å²) in [6, 6.07) is 9.75. The second-order valence-electron chi connectivity index (χ2n) is 6.61. The second kappa shape index (κ2) is 7.21. The molecule has 1 atom stereocenters. The number of fused-ring (bicyclic) bond motifs is 1. The van der Waals surface area contributed by atoms with E-state index in [1.807, 2.05) is 0 Å². The fraction of sp³-hybridized carbons (Fsp3) is 0.316. The molecule has 0 radical (unpaired) electrons. The fourth-order valence-corrected chi connectivity index (χ4v) is 4.42. The predicted molar refractivity (Wildman–Crippen MR) is 107 cm³/mol. The highest BCUT2D eigenvalue weighted by Gasteiger charge is 2.27. The number of carbonyl (C=O) groups excluding carboxylic acids is 1. The van der Waals surface area contributed by atoms with Crippen LogP contribution >= 0.6 is 22.9 Å². The van der Waals surface area contributed by atoms with E-state index in [1.165, 1.54) is 10.3 Å². The van der Waals surface area contributed by atoms with Crippen LogP contribution in [0.25, 0.3) is 10.2 Å². The minimum Gasteiger partial charge on any atom is -0.347 e. The molecule has 1 aromatic carbocycles. The molecule has 1 aliphatic rings. The summed E-state index contributed by atoms with van der Waals surface area (Å²) in [5.41, 5.74) is 2.93.